The topological polar surface area (TPSA) is 67.6 Å². The summed E-state index contributed by atoms with van der Waals surface area (Å²) >= 11 is 0. The number of ether oxygens (including phenoxy) is 1. The number of rotatable bonds is 9. The van der Waals surface area contributed by atoms with Crippen LogP contribution in [0, 0.1) is 6.92 Å². The molecule has 0 fully saturated rings. The molecule has 118 valence electrons. The number of likely N-dealkylation sites (N-methyl/N-ethyl adjacent to an activating group) is 1. The lowest BCUT2D eigenvalue weighted by Crippen LogP contribution is -2.25. The summed E-state index contributed by atoms with van der Waals surface area (Å²) in [6.45, 7) is 7.21. The molecule has 0 unspecified atom stereocenters. The number of anilines is 2. The number of carbonyl (C=O) groups is 1. The number of benzene rings is 1. The maximum absolute atomic E-state index is 11.9. The zero-order valence-electron chi connectivity index (χ0n) is 13.3. The highest BCUT2D eigenvalue weighted by molar-refractivity contribution is 5.91. The SMILES string of the molecule is CCOCCN(C)CCCC(=O)Nc1cc(N)ccc1C. The molecule has 5 nitrogen and oxygen atoms in total. The van der Waals surface area contributed by atoms with E-state index in [1.54, 1.807) is 6.07 Å². The van der Waals surface area contributed by atoms with Crippen LogP contribution >= 0.6 is 0 Å². The number of hydrogen-bond donors (Lipinski definition) is 2. The van der Waals surface area contributed by atoms with E-state index in [0.717, 1.165) is 44.0 Å². The van der Waals surface area contributed by atoms with Crippen molar-refractivity contribution in [2.75, 3.05) is 44.4 Å². The van der Waals surface area contributed by atoms with Gasteiger partial charge >= 0.3 is 0 Å². The van der Waals surface area contributed by atoms with Gasteiger partial charge in [0, 0.05) is 30.9 Å². The Bertz CT molecular complexity index is 449. The molecule has 1 aromatic rings. The van der Waals surface area contributed by atoms with Gasteiger partial charge in [0.2, 0.25) is 5.91 Å². The number of nitrogen functional groups attached to an aromatic ring is 1. The van der Waals surface area contributed by atoms with Crippen LogP contribution in [-0.4, -0.2) is 44.2 Å². The van der Waals surface area contributed by atoms with Gasteiger partial charge in [-0.05, 0) is 51.6 Å². The average Bonchev–Trinajstić information content (AvgIpc) is 2.43. The van der Waals surface area contributed by atoms with Crippen LogP contribution in [0.3, 0.4) is 0 Å². The molecule has 1 rings (SSSR count). The summed E-state index contributed by atoms with van der Waals surface area (Å²) in [5.74, 6) is 0.0295. The van der Waals surface area contributed by atoms with Gasteiger partial charge in [0.15, 0.2) is 0 Å². The summed E-state index contributed by atoms with van der Waals surface area (Å²) < 4.78 is 5.30. The Morgan fingerprint density at radius 2 is 2.14 bits per heavy atom. The minimum atomic E-state index is 0.0295. The van der Waals surface area contributed by atoms with Gasteiger partial charge in [0.1, 0.15) is 0 Å². The van der Waals surface area contributed by atoms with E-state index >= 15 is 0 Å². The molecule has 0 aromatic heterocycles. The molecule has 3 N–H and O–H groups in total. The second-order valence-electron chi connectivity index (χ2n) is 5.23. The normalized spacial score (nSPS) is 10.9. The van der Waals surface area contributed by atoms with E-state index in [1.165, 1.54) is 0 Å². The molecule has 0 radical (unpaired) electrons. The van der Waals surface area contributed by atoms with Crippen molar-refractivity contribution in [3.63, 3.8) is 0 Å². The largest absolute Gasteiger partial charge is 0.399 e. The monoisotopic (exact) mass is 293 g/mol. The highest BCUT2D eigenvalue weighted by atomic mass is 16.5. The molecule has 21 heavy (non-hydrogen) atoms. The van der Waals surface area contributed by atoms with E-state index in [9.17, 15) is 4.79 Å². The van der Waals surface area contributed by atoms with E-state index in [1.807, 2.05) is 33.0 Å². The fourth-order valence-corrected chi connectivity index (χ4v) is 1.97. The number of nitrogens with zero attached hydrogens (tertiary/aromatic N) is 1. The molecule has 1 amide bonds. The van der Waals surface area contributed by atoms with Crippen LogP contribution in [-0.2, 0) is 9.53 Å². The molecule has 5 heteroatoms. The van der Waals surface area contributed by atoms with Crippen LogP contribution in [0.4, 0.5) is 11.4 Å². The van der Waals surface area contributed by atoms with Crippen molar-refractivity contribution in [3.8, 4) is 0 Å². The summed E-state index contributed by atoms with van der Waals surface area (Å²) in [7, 11) is 2.04. The summed E-state index contributed by atoms with van der Waals surface area (Å²) in [5.41, 5.74) is 8.21. The van der Waals surface area contributed by atoms with Gasteiger partial charge < -0.3 is 20.7 Å². The third kappa shape index (κ3) is 7.11. The van der Waals surface area contributed by atoms with Gasteiger partial charge in [0.05, 0.1) is 6.61 Å². The molecule has 0 heterocycles. The number of amides is 1. The van der Waals surface area contributed by atoms with Crippen LogP contribution in [0.1, 0.15) is 25.3 Å². The van der Waals surface area contributed by atoms with Gasteiger partial charge in [-0.15, -0.1) is 0 Å². The number of aryl methyl sites for hydroxylation is 1. The summed E-state index contributed by atoms with van der Waals surface area (Å²) in [6, 6.07) is 5.53. The number of carbonyl (C=O) groups excluding carboxylic acids is 1. The van der Waals surface area contributed by atoms with Crippen molar-refractivity contribution >= 4 is 17.3 Å². The smallest absolute Gasteiger partial charge is 0.224 e. The number of hydrogen-bond acceptors (Lipinski definition) is 4. The maximum atomic E-state index is 11.9. The first-order valence-corrected chi connectivity index (χ1v) is 7.45. The Labute approximate surface area is 127 Å². The third-order valence-corrected chi connectivity index (χ3v) is 3.30. The quantitative estimate of drug-likeness (QED) is 0.541. The fraction of sp³-hybridized carbons (Fsp3) is 0.562. The van der Waals surface area contributed by atoms with Crippen LogP contribution in [0.5, 0.6) is 0 Å². The van der Waals surface area contributed by atoms with E-state index in [-0.39, 0.29) is 5.91 Å². The lowest BCUT2D eigenvalue weighted by Gasteiger charge is -2.16. The second kappa shape index (κ2) is 9.37. The average molecular weight is 293 g/mol. The van der Waals surface area contributed by atoms with Crippen molar-refractivity contribution in [2.45, 2.75) is 26.7 Å². The molecule has 0 saturated heterocycles. The van der Waals surface area contributed by atoms with Crippen LogP contribution in [0.25, 0.3) is 0 Å². The van der Waals surface area contributed by atoms with Crippen molar-refractivity contribution in [1.29, 1.82) is 0 Å². The molecule has 0 aliphatic carbocycles. The first-order valence-electron chi connectivity index (χ1n) is 7.45. The molecule has 0 atom stereocenters. The minimum Gasteiger partial charge on any atom is -0.399 e. The van der Waals surface area contributed by atoms with Gasteiger partial charge in [0.25, 0.3) is 0 Å². The van der Waals surface area contributed by atoms with Gasteiger partial charge in [-0.25, -0.2) is 0 Å². The predicted octanol–water partition coefficient (Wildman–Crippen LogP) is 2.26. The van der Waals surface area contributed by atoms with Crippen molar-refractivity contribution in [3.05, 3.63) is 23.8 Å². The van der Waals surface area contributed by atoms with E-state index in [4.69, 9.17) is 10.5 Å². The van der Waals surface area contributed by atoms with Crippen LogP contribution in [0.15, 0.2) is 18.2 Å². The maximum Gasteiger partial charge on any atom is 0.224 e. The van der Waals surface area contributed by atoms with Crippen molar-refractivity contribution in [1.82, 2.24) is 4.90 Å². The standard InChI is InChI=1S/C16H27N3O2/c1-4-21-11-10-19(3)9-5-6-16(20)18-15-12-14(17)8-7-13(15)2/h7-8,12H,4-6,9-11,17H2,1-3H3,(H,18,20). The molecule has 0 saturated carbocycles. The zero-order chi connectivity index (χ0) is 15.7. The lowest BCUT2D eigenvalue weighted by molar-refractivity contribution is -0.116. The number of nitrogens with one attached hydrogen (secondary N) is 1. The fourth-order valence-electron chi connectivity index (χ4n) is 1.97. The summed E-state index contributed by atoms with van der Waals surface area (Å²) in [5, 5.41) is 2.91. The Morgan fingerprint density at radius 3 is 2.86 bits per heavy atom. The Kier molecular flexibility index (Phi) is 7.79. The molecular formula is C16H27N3O2. The first-order chi connectivity index (χ1) is 10.0. The summed E-state index contributed by atoms with van der Waals surface area (Å²) in [4.78, 5) is 14.1. The van der Waals surface area contributed by atoms with Gasteiger partial charge in [-0.3, -0.25) is 4.79 Å². The van der Waals surface area contributed by atoms with Crippen molar-refractivity contribution in [2.24, 2.45) is 0 Å². The molecule has 0 aliphatic rings. The van der Waals surface area contributed by atoms with E-state index in [2.05, 4.69) is 10.2 Å². The molecule has 1 aromatic carbocycles. The summed E-state index contributed by atoms with van der Waals surface area (Å²) in [6.07, 6.45) is 1.34. The minimum absolute atomic E-state index is 0.0295. The van der Waals surface area contributed by atoms with E-state index in [0.29, 0.717) is 12.1 Å². The Hall–Kier alpha value is -1.59. The molecular weight excluding hydrogens is 266 g/mol. The second-order valence-corrected chi connectivity index (χ2v) is 5.23. The highest BCUT2D eigenvalue weighted by Crippen LogP contribution is 2.18. The molecule has 0 aliphatic heterocycles. The molecule has 0 spiro atoms. The van der Waals surface area contributed by atoms with Gasteiger partial charge in [-0.2, -0.15) is 0 Å². The van der Waals surface area contributed by atoms with E-state index < -0.39 is 0 Å². The number of nitrogens with two attached hydrogens (primary N) is 1. The van der Waals surface area contributed by atoms with Crippen LogP contribution < -0.4 is 11.1 Å². The third-order valence-electron chi connectivity index (χ3n) is 3.30. The Morgan fingerprint density at radius 1 is 1.38 bits per heavy atom. The highest BCUT2D eigenvalue weighted by Gasteiger charge is 2.06. The van der Waals surface area contributed by atoms with Crippen molar-refractivity contribution < 1.29 is 9.53 Å². The lowest BCUT2D eigenvalue weighted by atomic mass is 10.1. The predicted molar refractivity (Wildman–Crippen MR) is 87.4 cm³/mol. The Balaban J connectivity index is 2.26. The molecule has 0 bridgehead atoms. The van der Waals surface area contributed by atoms with Crippen LogP contribution in [0.2, 0.25) is 0 Å². The first kappa shape index (κ1) is 17.5. The zero-order valence-corrected chi connectivity index (χ0v) is 13.3. The van der Waals surface area contributed by atoms with Gasteiger partial charge in [-0.1, -0.05) is 6.07 Å².